The number of carbonyl (C=O) groups excluding carboxylic acids is 1. The molecule has 0 unspecified atom stereocenters. The molecule has 0 saturated carbocycles. The molecule has 2 rings (SSSR count). The summed E-state index contributed by atoms with van der Waals surface area (Å²) in [6.07, 6.45) is 5.20. The van der Waals surface area contributed by atoms with E-state index in [0.29, 0.717) is 17.3 Å². The minimum absolute atomic E-state index is 0.177. The third-order valence-corrected chi connectivity index (χ3v) is 3.79. The van der Waals surface area contributed by atoms with Crippen molar-refractivity contribution < 1.29 is 4.79 Å². The molecule has 0 bridgehead atoms. The molecular weight excluding hydrogens is 310 g/mol. The minimum atomic E-state index is -0.177. The summed E-state index contributed by atoms with van der Waals surface area (Å²) in [6, 6.07) is 5.26. The van der Waals surface area contributed by atoms with Gasteiger partial charge in [0.05, 0.1) is 0 Å². The molecule has 0 atom stereocenters. The Hall–Kier alpha value is -2.20. The first-order valence-corrected chi connectivity index (χ1v) is 7.85. The lowest BCUT2D eigenvalue weighted by Gasteiger charge is -2.14. The Morgan fingerprint density at radius 3 is 2.87 bits per heavy atom. The molecule has 1 amide bonds. The molecule has 0 aliphatic heterocycles. The van der Waals surface area contributed by atoms with Gasteiger partial charge in [-0.05, 0) is 56.0 Å². The molecular formula is C18H20ClN3O. The van der Waals surface area contributed by atoms with E-state index in [-0.39, 0.29) is 5.91 Å². The van der Waals surface area contributed by atoms with E-state index in [1.54, 1.807) is 12.1 Å². The van der Waals surface area contributed by atoms with Crippen LogP contribution < -0.4 is 5.32 Å². The van der Waals surface area contributed by atoms with Gasteiger partial charge in [-0.25, -0.2) is 4.98 Å². The Balaban J connectivity index is 2.16. The third-order valence-electron chi connectivity index (χ3n) is 3.58. The van der Waals surface area contributed by atoms with E-state index in [1.807, 2.05) is 19.9 Å². The van der Waals surface area contributed by atoms with Crippen LogP contribution in [0.25, 0.3) is 0 Å². The predicted molar refractivity (Wildman–Crippen MR) is 92.6 cm³/mol. The molecule has 0 aliphatic carbocycles. The molecule has 0 fully saturated rings. The minimum Gasteiger partial charge on any atom is -0.348 e. The number of pyridine rings is 2. The molecule has 2 heterocycles. The molecule has 2 aromatic rings. The Kier molecular flexibility index (Phi) is 5.88. The van der Waals surface area contributed by atoms with Gasteiger partial charge >= 0.3 is 0 Å². The monoisotopic (exact) mass is 329 g/mol. The van der Waals surface area contributed by atoms with Gasteiger partial charge in [-0.2, -0.15) is 0 Å². The second-order valence-electron chi connectivity index (χ2n) is 5.36. The molecule has 2 aromatic heterocycles. The van der Waals surface area contributed by atoms with E-state index < -0.39 is 0 Å². The summed E-state index contributed by atoms with van der Waals surface area (Å²) in [7, 11) is 0. The van der Waals surface area contributed by atoms with E-state index in [1.165, 1.54) is 11.8 Å². The van der Waals surface area contributed by atoms with Gasteiger partial charge in [-0.15, -0.1) is 6.58 Å². The molecule has 0 radical (unpaired) electrons. The Bertz CT molecular complexity index is 728. The number of nitrogens with one attached hydrogen (secondary N) is 1. The van der Waals surface area contributed by atoms with Gasteiger partial charge in [0.25, 0.3) is 5.91 Å². The molecule has 23 heavy (non-hydrogen) atoms. The van der Waals surface area contributed by atoms with E-state index in [2.05, 4.69) is 27.9 Å². The first-order chi connectivity index (χ1) is 11.0. The normalized spacial score (nSPS) is 10.4. The summed E-state index contributed by atoms with van der Waals surface area (Å²) < 4.78 is 0. The molecule has 0 aliphatic rings. The lowest BCUT2D eigenvalue weighted by atomic mass is 10.0. The van der Waals surface area contributed by atoms with Crippen molar-refractivity contribution in [1.82, 2.24) is 15.3 Å². The molecule has 4 nitrogen and oxygen atoms in total. The lowest BCUT2D eigenvalue weighted by Crippen LogP contribution is -2.24. The van der Waals surface area contributed by atoms with Crippen molar-refractivity contribution in [1.29, 1.82) is 0 Å². The van der Waals surface area contributed by atoms with Crippen molar-refractivity contribution in [3.63, 3.8) is 0 Å². The zero-order chi connectivity index (χ0) is 16.8. The second kappa shape index (κ2) is 7.88. The Morgan fingerprint density at radius 1 is 1.39 bits per heavy atom. The fraction of sp³-hybridized carbons (Fsp3) is 0.278. The van der Waals surface area contributed by atoms with Crippen molar-refractivity contribution in [2.75, 3.05) is 0 Å². The van der Waals surface area contributed by atoms with Crippen molar-refractivity contribution in [2.45, 2.75) is 33.2 Å². The summed E-state index contributed by atoms with van der Waals surface area (Å²) >= 11 is 5.82. The van der Waals surface area contributed by atoms with Crippen LogP contribution in [0.3, 0.4) is 0 Å². The number of halogens is 1. The van der Waals surface area contributed by atoms with Crippen LogP contribution in [-0.2, 0) is 13.0 Å². The third kappa shape index (κ3) is 4.63. The van der Waals surface area contributed by atoms with E-state index in [4.69, 9.17) is 11.6 Å². The highest BCUT2D eigenvalue weighted by molar-refractivity contribution is 6.29. The van der Waals surface area contributed by atoms with Gasteiger partial charge in [0.15, 0.2) is 0 Å². The van der Waals surface area contributed by atoms with E-state index in [9.17, 15) is 4.79 Å². The quantitative estimate of drug-likeness (QED) is 0.648. The fourth-order valence-corrected chi connectivity index (χ4v) is 2.65. The summed E-state index contributed by atoms with van der Waals surface area (Å²) in [5.74, 6) is -0.177. The SMILES string of the molecule is C=CCCc1cc(C)nc(C)c1CNC(=O)c1ccnc(Cl)c1. The van der Waals surface area contributed by atoms with E-state index in [0.717, 1.165) is 29.8 Å². The highest BCUT2D eigenvalue weighted by Gasteiger charge is 2.11. The number of carbonyl (C=O) groups is 1. The van der Waals surface area contributed by atoms with Crippen LogP contribution >= 0.6 is 11.6 Å². The van der Waals surface area contributed by atoms with Crippen LogP contribution in [0.1, 0.15) is 39.3 Å². The zero-order valence-electron chi connectivity index (χ0n) is 13.4. The summed E-state index contributed by atoms with van der Waals surface area (Å²) in [6.45, 7) is 8.15. The lowest BCUT2D eigenvalue weighted by molar-refractivity contribution is 0.0950. The van der Waals surface area contributed by atoms with Gasteiger partial charge in [-0.1, -0.05) is 17.7 Å². The fourth-order valence-electron chi connectivity index (χ4n) is 2.47. The number of rotatable bonds is 6. The van der Waals surface area contributed by atoms with Crippen molar-refractivity contribution in [3.8, 4) is 0 Å². The van der Waals surface area contributed by atoms with Crippen LogP contribution in [0.2, 0.25) is 5.15 Å². The van der Waals surface area contributed by atoms with Crippen LogP contribution in [0.4, 0.5) is 0 Å². The van der Waals surface area contributed by atoms with Gasteiger partial charge in [0, 0.05) is 29.7 Å². The maximum Gasteiger partial charge on any atom is 0.251 e. The van der Waals surface area contributed by atoms with Crippen molar-refractivity contribution >= 4 is 17.5 Å². The first-order valence-electron chi connectivity index (χ1n) is 7.48. The molecule has 0 saturated heterocycles. The molecule has 1 N–H and O–H groups in total. The van der Waals surface area contributed by atoms with Crippen molar-refractivity contribution in [2.24, 2.45) is 0 Å². The number of hydrogen-bond acceptors (Lipinski definition) is 3. The molecule has 0 aromatic carbocycles. The predicted octanol–water partition coefficient (Wildman–Crippen LogP) is 3.80. The van der Waals surface area contributed by atoms with E-state index >= 15 is 0 Å². The van der Waals surface area contributed by atoms with Gasteiger partial charge in [-0.3, -0.25) is 9.78 Å². The Labute approximate surface area is 141 Å². The number of amides is 1. The molecule has 120 valence electrons. The largest absolute Gasteiger partial charge is 0.348 e. The maximum atomic E-state index is 12.2. The number of allylic oxidation sites excluding steroid dienone is 1. The standard InChI is InChI=1S/C18H20ClN3O/c1-4-5-6-14-9-12(2)22-13(3)16(14)11-21-18(23)15-7-8-20-17(19)10-15/h4,7-10H,1,5-6,11H2,2-3H3,(H,21,23). The highest BCUT2D eigenvalue weighted by atomic mass is 35.5. The van der Waals surface area contributed by atoms with Gasteiger partial charge in [0.1, 0.15) is 5.15 Å². The topological polar surface area (TPSA) is 54.9 Å². The average Bonchev–Trinajstić information content (AvgIpc) is 2.51. The Morgan fingerprint density at radius 2 is 2.17 bits per heavy atom. The van der Waals surface area contributed by atoms with Gasteiger partial charge in [0.2, 0.25) is 0 Å². The number of aryl methyl sites for hydroxylation is 3. The second-order valence-corrected chi connectivity index (χ2v) is 5.75. The highest BCUT2D eigenvalue weighted by Crippen LogP contribution is 2.17. The smallest absolute Gasteiger partial charge is 0.251 e. The average molecular weight is 330 g/mol. The van der Waals surface area contributed by atoms with Gasteiger partial charge < -0.3 is 5.32 Å². The van der Waals surface area contributed by atoms with Crippen LogP contribution in [0, 0.1) is 13.8 Å². The summed E-state index contributed by atoms with van der Waals surface area (Å²) in [4.78, 5) is 20.6. The number of hydrogen-bond donors (Lipinski definition) is 1. The number of nitrogens with zero attached hydrogens (tertiary/aromatic N) is 2. The molecule has 0 spiro atoms. The van der Waals surface area contributed by atoms with Crippen LogP contribution in [-0.4, -0.2) is 15.9 Å². The molecule has 5 heteroatoms. The zero-order valence-corrected chi connectivity index (χ0v) is 14.2. The number of aromatic nitrogens is 2. The summed E-state index contributed by atoms with van der Waals surface area (Å²) in [5.41, 5.74) is 4.68. The maximum absolute atomic E-state index is 12.2. The van der Waals surface area contributed by atoms with Crippen LogP contribution in [0.5, 0.6) is 0 Å². The van der Waals surface area contributed by atoms with Crippen LogP contribution in [0.15, 0.2) is 37.1 Å². The summed E-state index contributed by atoms with van der Waals surface area (Å²) in [5, 5.41) is 3.23. The van der Waals surface area contributed by atoms with Crippen molar-refractivity contribution in [3.05, 3.63) is 70.3 Å². The first kappa shape index (κ1) is 17.2.